The summed E-state index contributed by atoms with van der Waals surface area (Å²) >= 11 is 0. The molecule has 4 heteroatoms. The van der Waals surface area contributed by atoms with E-state index in [-0.39, 0.29) is 18.1 Å². The smallest absolute Gasteiger partial charge is 0.320 e. The number of allylic oxidation sites excluding steroid dienone is 1. The Morgan fingerprint density at radius 1 is 1.35 bits per heavy atom. The van der Waals surface area contributed by atoms with E-state index < -0.39 is 11.4 Å². The van der Waals surface area contributed by atoms with E-state index in [1.807, 2.05) is 24.3 Å². The summed E-state index contributed by atoms with van der Waals surface area (Å²) in [6.07, 6.45) is 2.21. The predicted molar refractivity (Wildman–Crippen MR) is 74.6 cm³/mol. The minimum Gasteiger partial charge on any atom is -0.497 e. The summed E-state index contributed by atoms with van der Waals surface area (Å²) in [5.74, 6) is 0.0501. The summed E-state index contributed by atoms with van der Waals surface area (Å²) in [6, 6.07) is 7.42. The lowest BCUT2D eigenvalue weighted by Gasteiger charge is -2.13. The molecule has 1 aliphatic rings. The summed E-state index contributed by atoms with van der Waals surface area (Å²) in [5, 5.41) is 0. The van der Waals surface area contributed by atoms with Gasteiger partial charge in [0.05, 0.1) is 14.2 Å². The lowest BCUT2D eigenvalue weighted by molar-refractivity contribution is -0.151. The average Bonchev–Trinajstić information content (AvgIpc) is 3.23. The fourth-order valence-electron chi connectivity index (χ4n) is 2.64. The number of esters is 1. The number of carbonyl (C=O) groups excluding carboxylic acids is 2. The van der Waals surface area contributed by atoms with Crippen molar-refractivity contribution in [2.24, 2.45) is 5.41 Å². The zero-order valence-electron chi connectivity index (χ0n) is 11.7. The third-order valence-corrected chi connectivity index (χ3v) is 3.86. The molecule has 1 fully saturated rings. The highest BCUT2D eigenvalue weighted by atomic mass is 16.5. The van der Waals surface area contributed by atoms with Crippen LogP contribution in [0.4, 0.5) is 0 Å². The summed E-state index contributed by atoms with van der Waals surface area (Å²) < 4.78 is 9.93. The van der Waals surface area contributed by atoms with E-state index in [0.717, 1.165) is 11.3 Å². The number of Topliss-reactive ketones (excluding diaryl/α,β-unsaturated/α-hetero) is 1. The van der Waals surface area contributed by atoms with Gasteiger partial charge in [-0.2, -0.15) is 0 Å². The van der Waals surface area contributed by atoms with Gasteiger partial charge in [-0.05, 0) is 24.1 Å². The highest BCUT2D eigenvalue weighted by Crippen LogP contribution is 2.61. The van der Waals surface area contributed by atoms with E-state index in [4.69, 9.17) is 9.47 Å². The standard InChI is InChI=1S/C16H18O4/c1-4-5-14(17)16(15(18)20-3)10-13(16)11-6-8-12(19-2)9-7-11/h4,6-9,13H,1,5,10H2,2-3H3. The average molecular weight is 274 g/mol. The Morgan fingerprint density at radius 3 is 2.50 bits per heavy atom. The first kappa shape index (κ1) is 14.3. The Morgan fingerprint density at radius 2 is 2.00 bits per heavy atom. The molecule has 0 aliphatic heterocycles. The lowest BCUT2D eigenvalue weighted by atomic mass is 9.92. The number of benzene rings is 1. The van der Waals surface area contributed by atoms with Crippen molar-refractivity contribution in [2.45, 2.75) is 18.8 Å². The Kier molecular flexibility index (Phi) is 3.93. The minimum absolute atomic E-state index is 0.117. The van der Waals surface area contributed by atoms with Crippen LogP contribution in [0.15, 0.2) is 36.9 Å². The van der Waals surface area contributed by atoms with Crippen molar-refractivity contribution in [2.75, 3.05) is 14.2 Å². The van der Waals surface area contributed by atoms with Crippen LogP contribution in [-0.2, 0) is 14.3 Å². The first-order valence-electron chi connectivity index (χ1n) is 6.46. The van der Waals surface area contributed by atoms with Crippen LogP contribution in [0.5, 0.6) is 5.75 Å². The van der Waals surface area contributed by atoms with Gasteiger partial charge in [0.2, 0.25) is 0 Å². The lowest BCUT2D eigenvalue weighted by Crippen LogP contribution is -2.28. The number of hydrogen-bond acceptors (Lipinski definition) is 4. The van der Waals surface area contributed by atoms with Crippen LogP contribution in [0.25, 0.3) is 0 Å². The molecule has 0 spiro atoms. The minimum atomic E-state index is -1.03. The molecule has 4 nitrogen and oxygen atoms in total. The molecule has 0 radical (unpaired) electrons. The Labute approximate surface area is 118 Å². The van der Waals surface area contributed by atoms with Gasteiger partial charge in [-0.1, -0.05) is 18.2 Å². The molecule has 0 bridgehead atoms. The number of carbonyl (C=O) groups is 2. The first-order chi connectivity index (χ1) is 9.59. The molecule has 2 atom stereocenters. The van der Waals surface area contributed by atoms with Gasteiger partial charge in [0, 0.05) is 12.3 Å². The first-order valence-corrected chi connectivity index (χ1v) is 6.46. The van der Waals surface area contributed by atoms with Crippen LogP contribution in [0, 0.1) is 5.41 Å². The number of hydrogen-bond donors (Lipinski definition) is 0. The molecule has 0 aromatic heterocycles. The second kappa shape index (κ2) is 5.49. The number of methoxy groups -OCH3 is 2. The topological polar surface area (TPSA) is 52.6 Å². The van der Waals surface area contributed by atoms with Crippen LogP contribution >= 0.6 is 0 Å². The Balaban J connectivity index is 2.27. The summed E-state index contributed by atoms with van der Waals surface area (Å²) in [6.45, 7) is 3.56. The van der Waals surface area contributed by atoms with Gasteiger partial charge >= 0.3 is 5.97 Å². The zero-order chi connectivity index (χ0) is 14.8. The highest BCUT2D eigenvalue weighted by Gasteiger charge is 2.66. The Hall–Kier alpha value is -2.10. The van der Waals surface area contributed by atoms with Crippen molar-refractivity contribution in [3.05, 3.63) is 42.5 Å². The maximum Gasteiger partial charge on any atom is 0.320 e. The maximum absolute atomic E-state index is 12.2. The molecular weight excluding hydrogens is 256 g/mol. The van der Waals surface area contributed by atoms with Gasteiger partial charge in [-0.25, -0.2) is 0 Å². The molecule has 1 saturated carbocycles. The number of ketones is 1. The Bertz CT molecular complexity index is 532. The van der Waals surface area contributed by atoms with Gasteiger partial charge in [0.25, 0.3) is 0 Å². The van der Waals surface area contributed by atoms with Crippen molar-refractivity contribution >= 4 is 11.8 Å². The van der Waals surface area contributed by atoms with Crippen LogP contribution in [0.2, 0.25) is 0 Å². The third-order valence-electron chi connectivity index (χ3n) is 3.86. The normalized spacial score (nSPS) is 23.8. The van der Waals surface area contributed by atoms with E-state index in [1.165, 1.54) is 13.2 Å². The van der Waals surface area contributed by atoms with E-state index in [1.54, 1.807) is 7.11 Å². The molecule has 0 N–H and O–H groups in total. The molecule has 20 heavy (non-hydrogen) atoms. The molecule has 2 rings (SSSR count). The second-order valence-corrected chi connectivity index (χ2v) is 4.91. The van der Waals surface area contributed by atoms with Gasteiger partial charge < -0.3 is 9.47 Å². The summed E-state index contributed by atoms with van der Waals surface area (Å²) in [5.41, 5.74) is -0.0778. The molecule has 0 heterocycles. The zero-order valence-corrected chi connectivity index (χ0v) is 11.7. The van der Waals surface area contributed by atoms with E-state index in [2.05, 4.69) is 6.58 Å². The molecule has 0 saturated heterocycles. The largest absolute Gasteiger partial charge is 0.497 e. The number of ether oxygens (including phenoxy) is 2. The second-order valence-electron chi connectivity index (χ2n) is 4.91. The fraction of sp³-hybridized carbons (Fsp3) is 0.375. The van der Waals surface area contributed by atoms with E-state index >= 15 is 0 Å². The van der Waals surface area contributed by atoms with Crippen molar-refractivity contribution in [3.63, 3.8) is 0 Å². The summed E-state index contributed by atoms with van der Waals surface area (Å²) in [4.78, 5) is 24.3. The predicted octanol–water partition coefficient (Wildman–Crippen LogP) is 2.49. The molecule has 2 unspecified atom stereocenters. The SMILES string of the molecule is C=CCC(=O)C1(C(=O)OC)CC1c1ccc(OC)cc1. The van der Waals surface area contributed by atoms with Crippen LogP contribution < -0.4 is 4.74 Å². The number of rotatable bonds is 6. The van der Waals surface area contributed by atoms with Crippen LogP contribution in [0.1, 0.15) is 24.3 Å². The van der Waals surface area contributed by atoms with Crippen LogP contribution in [0.3, 0.4) is 0 Å². The molecule has 1 aromatic rings. The van der Waals surface area contributed by atoms with Gasteiger partial charge in [0.15, 0.2) is 5.78 Å². The maximum atomic E-state index is 12.2. The van der Waals surface area contributed by atoms with Crippen molar-refractivity contribution in [3.8, 4) is 5.75 Å². The molecule has 0 amide bonds. The monoisotopic (exact) mass is 274 g/mol. The summed E-state index contributed by atoms with van der Waals surface area (Å²) in [7, 11) is 2.91. The van der Waals surface area contributed by atoms with E-state index in [0.29, 0.717) is 6.42 Å². The van der Waals surface area contributed by atoms with Gasteiger partial charge in [-0.3, -0.25) is 9.59 Å². The van der Waals surface area contributed by atoms with Crippen molar-refractivity contribution < 1.29 is 19.1 Å². The molecular formula is C16H18O4. The van der Waals surface area contributed by atoms with Gasteiger partial charge in [-0.15, -0.1) is 6.58 Å². The third kappa shape index (κ3) is 2.22. The van der Waals surface area contributed by atoms with Gasteiger partial charge in [0.1, 0.15) is 11.2 Å². The van der Waals surface area contributed by atoms with E-state index in [9.17, 15) is 9.59 Å². The molecule has 1 aliphatic carbocycles. The van der Waals surface area contributed by atoms with Crippen molar-refractivity contribution in [1.29, 1.82) is 0 Å². The van der Waals surface area contributed by atoms with Crippen LogP contribution in [-0.4, -0.2) is 26.0 Å². The molecule has 1 aromatic carbocycles. The quantitative estimate of drug-likeness (QED) is 0.454. The molecule has 106 valence electrons. The fourth-order valence-corrected chi connectivity index (χ4v) is 2.64. The highest BCUT2D eigenvalue weighted by molar-refractivity contribution is 6.09. The van der Waals surface area contributed by atoms with Crippen molar-refractivity contribution in [1.82, 2.24) is 0 Å².